The Morgan fingerprint density at radius 2 is 1.74 bits per heavy atom. The van der Waals surface area contributed by atoms with E-state index in [-0.39, 0.29) is 36.1 Å². The van der Waals surface area contributed by atoms with Crippen molar-refractivity contribution in [1.82, 2.24) is 15.5 Å². The number of hydrogen-bond acceptors (Lipinski definition) is 13. The van der Waals surface area contributed by atoms with Crippen molar-refractivity contribution >= 4 is 29.2 Å². The fraction of sp³-hybridized carbons (Fsp3) is 0.481. The second kappa shape index (κ2) is 10.8. The molecule has 16 heteroatoms. The number of primary amides is 1. The van der Waals surface area contributed by atoms with Gasteiger partial charge in [-0.05, 0) is 44.5 Å². The molecule has 3 aliphatic carbocycles. The summed E-state index contributed by atoms with van der Waals surface area (Å²) in [6, 6.07) is -0.407. The van der Waals surface area contributed by atoms with Crippen molar-refractivity contribution in [2.75, 3.05) is 39.6 Å². The van der Waals surface area contributed by atoms with Crippen LogP contribution in [-0.4, -0.2) is 111 Å². The van der Waals surface area contributed by atoms with Crippen molar-refractivity contribution in [2.45, 2.75) is 36.9 Å². The Morgan fingerprint density at radius 3 is 2.28 bits per heavy atom. The summed E-state index contributed by atoms with van der Waals surface area (Å²) in [4.78, 5) is 54.9. The number of carbonyl (C=O) groups excluding carboxylic acids is 4. The summed E-state index contributed by atoms with van der Waals surface area (Å²) in [7, 11) is 6.49. The molecule has 0 bridgehead atoms. The molecule has 0 radical (unpaired) electrons. The number of aliphatic hydroxyl groups is 5. The summed E-state index contributed by atoms with van der Waals surface area (Å²) in [6.45, 7) is -1.02. The quantitative estimate of drug-likeness (QED) is 0.115. The maximum absolute atomic E-state index is 14.0. The van der Waals surface area contributed by atoms with Gasteiger partial charge in [0.05, 0.1) is 18.2 Å². The van der Waals surface area contributed by atoms with E-state index in [0.29, 0.717) is 11.3 Å². The third-order valence-electron chi connectivity index (χ3n) is 8.21. The number of rotatable bonds is 7. The smallest absolute Gasteiger partial charge is 0.315 e. The molecule has 0 aliphatic heterocycles. The summed E-state index contributed by atoms with van der Waals surface area (Å²) < 4.78 is 0. The molecule has 1 aromatic carbocycles. The predicted molar refractivity (Wildman–Crippen MR) is 150 cm³/mol. The molecule has 0 aromatic heterocycles. The summed E-state index contributed by atoms with van der Waals surface area (Å²) >= 11 is 0. The molecule has 1 aromatic rings. The van der Waals surface area contributed by atoms with Crippen LogP contribution in [0.1, 0.15) is 27.9 Å². The number of nitrogens with one attached hydrogen (secondary N) is 2. The third-order valence-corrected chi connectivity index (χ3v) is 8.21. The number of aliphatic hydroxyl groups excluding tert-OH is 2. The van der Waals surface area contributed by atoms with Crippen LogP contribution in [0.4, 0.5) is 10.5 Å². The highest BCUT2D eigenvalue weighted by Gasteiger charge is 2.63. The van der Waals surface area contributed by atoms with Crippen molar-refractivity contribution in [2.24, 2.45) is 23.3 Å². The fourth-order valence-corrected chi connectivity index (χ4v) is 6.34. The molecule has 12 N–H and O–H groups in total. The molecule has 0 spiro atoms. The van der Waals surface area contributed by atoms with Crippen LogP contribution < -0.4 is 27.0 Å². The monoisotopic (exact) mass is 604 g/mol. The summed E-state index contributed by atoms with van der Waals surface area (Å²) in [5, 5.41) is 68.2. The average molecular weight is 605 g/mol. The fourth-order valence-electron chi connectivity index (χ4n) is 6.34. The minimum absolute atomic E-state index is 0.0543. The number of carbonyl (C=O) groups is 4. The van der Waals surface area contributed by atoms with E-state index in [1.807, 2.05) is 0 Å². The van der Waals surface area contributed by atoms with E-state index >= 15 is 0 Å². The number of phenols is 1. The highest BCUT2D eigenvalue weighted by molar-refractivity contribution is 6.25. The number of urea groups is 1. The molecule has 3 aliphatic rings. The normalized spacial score (nSPS) is 25.3. The second-order valence-corrected chi connectivity index (χ2v) is 11.5. The lowest BCUT2D eigenvalue weighted by atomic mass is 9.58. The Balaban J connectivity index is 1.82. The number of likely N-dealkylation sites (N-methyl/N-ethyl adjacent to an activating group) is 1. The maximum atomic E-state index is 14.0. The molecule has 4 atom stereocenters. The number of fused-ring (bicyclic) bond motifs is 3. The number of aromatic hydroxyl groups is 1. The second-order valence-electron chi connectivity index (χ2n) is 11.5. The first kappa shape index (κ1) is 31.7. The lowest BCUT2D eigenvalue weighted by molar-refractivity contribution is -0.149. The first-order chi connectivity index (χ1) is 19.8. The number of phenolic OH excluding ortho intramolecular Hbond substituents is 1. The molecule has 4 rings (SSSR count). The number of hydrogen-bond donors (Lipinski definition) is 10. The zero-order chi connectivity index (χ0) is 32.3. The maximum Gasteiger partial charge on any atom is 0.315 e. The molecule has 234 valence electrons. The number of Topliss-reactive ketones (excluding diaryl/α,β-unsaturated/α-hetero) is 2. The topological polar surface area (TPSA) is 272 Å². The van der Waals surface area contributed by atoms with Crippen LogP contribution in [-0.2, 0) is 22.6 Å². The zero-order valence-corrected chi connectivity index (χ0v) is 24.0. The number of benzene rings is 1. The SMILES string of the molecule is CN(C)c1cc(CNC(=O)NCC(N)(O)O)c(O)c2c1C[C@H]1C[C@H]3[C@@H](N(C)C)C(O)=C(C(N)=O)C(=O)[C@@]3(O)C(O)=C1C2=O. The molecule has 3 amide bonds. The predicted octanol–water partition coefficient (Wildman–Crippen LogP) is -2.42. The molecule has 0 fully saturated rings. The number of nitrogens with zero attached hydrogens (tertiary/aromatic N) is 2. The highest BCUT2D eigenvalue weighted by Crippen LogP contribution is 2.53. The van der Waals surface area contributed by atoms with Crippen molar-refractivity contribution < 1.29 is 49.8 Å². The van der Waals surface area contributed by atoms with Crippen LogP contribution in [0.2, 0.25) is 0 Å². The van der Waals surface area contributed by atoms with Gasteiger partial charge in [-0.1, -0.05) is 0 Å². The Morgan fingerprint density at radius 1 is 1.12 bits per heavy atom. The van der Waals surface area contributed by atoms with Gasteiger partial charge in [0.2, 0.25) is 11.7 Å². The number of amides is 3. The highest BCUT2D eigenvalue weighted by atomic mass is 16.5. The summed E-state index contributed by atoms with van der Waals surface area (Å²) in [5.41, 5.74) is 7.20. The Labute approximate surface area is 245 Å². The number of ketones is 2. The van der Waals surface area contributed by atoms with Crippen molar-refractivity contribution in [3.63, 3.8) is 0 Å². The first-order valence-corrected chi connectivity index (χ1v) is 13.3. The Hall–Kier alpha value is -4.22. The van der Waals surface area contributed by atoms with Gasteiger partial charge >= 0.3 is 6.03 Å². The van der Waals surface area contributed by atoms with Gasteiger partial charge in [-0.3, -0.25) is 25.0 Å². The van der Waals surface area contributed by atoms with E-state index < -0.39 is 82.3 Å². The van der Waals surface area contributed by atoms with E-state index in [0.717, 1.165) is 0 Å². The van der Waals surface area contributed by atoms with Crippen LogP contribution in [0, 0.1) is 11.8 Å². The van der Waals surface area contributed by atoms with Crippen LogP contribution in [0.3, 0.4) is 0 Å². The summed E-state index contributed by atoms with van der Waals surface area (Å²) in [5.74, 6) is -10.2. The van der Waals surface area contributed by atoms with E-state index in [1.165, 1.54) is 4.90 Å². The molecule has 0 heterocycles. The van der Waals surface area contributed by atoms with Crippen molar-refractivity contribution in [1.29, 1.82) is 0 Å². The molecule has 0 saturated heterocycles. The van der Waals surface area contributed by atoms with Gasteiger partial charge in [0.15, 0.2) is 11.4 Å². The van der Waals surface area contributed by atoms with Gasteiger partial charge in [0, 0.05) is 43.4 Å². The largest absolute Gasteiger partial charge is 0.510 e. The van der Waals surface area contributed by atoms with Gasteiger partial charge in [0.25, 0.3) is 5.91 Å². The number of anilines is 1. The number of allylic oxidation sites excluding steroid dienone is 1. The molecule has 16 nitrogen and oxygen atoms in total. The van der Waals surface area contributed by atoms with Gasteiger partial charge in [-0.25, -0.2) is 4.79 Å². The lowest BCUT2D eigenvalue weighted by Gasteiger charge is -2.50. The first-order valence-electron chi connectivity index (χ1n) is 13.3. The molecule has 0 saturated carbocycles. The molecular weight excluding hydrogens is 568 g/mol. The van der Waals surface area contributed by atoms with E-state index in [2.05, 4.69) is 10.6 Å². The van der Waals surface area contributed by atoms with Crippen LogP contribution >= 0.6 is 0 Å². The minimum Gasteiger partial charge on any atom is -0.510 e. The van der Waals surface area contributed by atoms with Gasteiger partial charge in [0.1, 0.15) is 22.8 Å². The Kier molecular flexibility index (Phi) is 7.97. The number of nitrogens with two attached hydrogens (primary N) is 2. The minimum atomic E-state index is -2.76. The van der Waals surface area contributed by atoms with Gasteiger partial charge < -0.3 is 51.9 Å². The van der Waals surface area contributed by atoms with Crippen molar-refractivity contribution in [3.05, 3.63) is 45.4 Å². The van der Waals surface area contributed by atoms with Gasteiger partial charge in [-0.15, -0.1) is 0 Å². The Bertz CT molecular complexity index is 1480. The average Bonchev–Trinajstić information content (AvgIpc) is 2.88. The van der Waals surface area contributed by atoms with Crippen LogP contribution in [0.5, 0.6) is 5.75 Å². The lowest BCUT2D eigenvalue weighted by Crippen LogP contribution is -2.63. The van der Waals surface area contributed by atoms with E-state index in [9.17, 15) is 49.8 Å². The standard InChI is InChI=1S/C27H36N6O10/c1-32(2)14-7-11(8-30-25(40)31-9-26(29,41)42)19(34)16-12(14)5-10-6-13-18(33(3)4)21(36)17(24(28)39)23(38)27(13,43)22(37)15(10)20(16)35/h7,10,13,18,34,36-37,41-43H,5-6,8-9,29H2,1-4H3,(H2,28,39)(H2,30,31,40)/t10-,13-,18+,27-/m0/s1. The third kappa shape index (κ3) is 5.16. The van der Waals surface area contributed by atoms with E-state index in [4.69, 9.17) is 11.5 Å². The van der Waals surface area contributed by atoms with E-state index in [1.54, 1.807) is 39.2 Å². The zero-order valence-electron chi connectivity index (χ0n) is 24.0. The molecular formula is C27H36N6O10. The van der Waals surface area contributed by atoms with Crippen LogP contribution in [0.25, 0.3) is 0 Å². The molecule has 0 unspecified atom stereocenters. The van der Waals surface area contributed by atoms with Crippen LogP contribution in [0.15, 0.2) is 28.7 Å². The van der Waals surface area contributed by atoms with Gasteiger partial charge in [-0.2, -0.15) is 0 Å². The molecule has 43 heavy (non-hydrogen) atoms. The van der Waals surface area contributed by atoms with Crippen molar-refractivity contribution in [3.8, 4) is 5.75 Å². The summed E-state index contributed by atoms with van der Waals surface area (Å²) in [6.07, 6.45) is 0.0383.